The van der Waals surface area contributed by atoms with E-state index in [1.165, 1.54) is 5.56 Å². The summed E-state index contributed by atoms with van der Waals surface area (Å²) in [6, 6.07) is 7.74. The molecule has 132 valence electrons. The summed E-state index contributed by atoms with van der Waals surface area (Å²) in [6.45, 7) is 6.21. The van der Waals surface area contributed by atoms with Crippen LogP contribution < -0.4 is 0 Å². The number of rotatable bonds is 6. The van der Waals surface area contributed by atoms with Gasteiger partial charge in [0.1, 0.15) is 0 Å². The molecular formula is C18H26N2O4. The van der Waals surface area contributed by atoms with Gasteiger partial charge in [0.2, 0.25) is 0 Å². The highest BCUT2D eigenvalue weighted by Gasteiger charge is 2.26. The highest BCUT2D eigenvalue weighted by molar-refractivity contribution is 5.94. The quantitative estimate of drug-likeness (QED) is 0.857. The fourth-order valence-corrected chi connectivity index (χ4v) is 2.85. The zero-order chi connectivity index (χ0) is 17.7. The number of likely N-dealkylation sites (N-methyl/N-ethyl adjacent to an activating group) is 1. The minimum absolute atomic E-state index is 0.000469. The van der Waals surface area contributed by atoms with Gasteiger partial charge < -0.3 is 14.7 Å². The van der Waals surface area contributed by atoms with E-state index in [4.69, 9.17) is 9.84 Å². The normalized spacial score (nSPS) is 18.2. The molecule has 0 spiro atoms. The lowest BCUT2D eigenvalue weighted by atomic mass is 10.0. The average molecular weight is 334 g/mol. The topological polar surface area (TPSA) is 70.1 Å². The molecule has 1 amide bonds. The maximum atomic E-state index is 12.7. The van der Waals surface area contributed by atoms with Gasteiger partial charge in [-0.15, -0.1) is 0 Å². The lowest BCUT2D eigenvalue weighted by molar-refractivity contribution is -0.138. The molecule has 0 bridgehead atoms. The van der Waals surface area contributed by atoms with Crippen molar-refractivity contribution in [1.82, 2.24) is 9.80 Å². The molecular weight excluding hydrogens is 308 g/mol. The Morgan fingerprint density at radius 3 is 2.58 bits per heavy atom. The van der Waals surface area contributed by atoms with Crippen LogP contribution in [0, 0.1) is 0 Å². The summed E-state index contributed by atoms with van der Waals surface area (Å²) in [5.41, 5.74) is 1.89. The van der Waals surface area contributed by atoms with Crippen molar-refractivity contribution in [2.75, 3.05) is 39.8 Å². The molecule has 1 N–H and O–H groups in total. The molecule has 0 saturated carbocycles. The van der Waals surface area contributed by atoms with Gasteiger partial charge in [0.25, 0.3) is 5.91 Å². The van der Waals surface area contributed by atoms with Gasteiger partial charge in [0.15, 0.2) is 0 Å². The van der Waals surface area contributed by atoms with E-state index < -0.39 is 5.97 Å². The second-order valence-electron chi connectivity index (χ2n) is 6.61. The van der Waals surface area contributed by atoms with Crippen molar-refractivity contribution >= 4 is 11.9 Å². The van der Waals surface area contributed by atoms with Crippen molar-refractivity contribution in [3.05, 3.63) is 35.4 Å². The maximum absolute atomic E-state index is 12.7. The first-order valence-electron chi connectivity index (χ1n) is 8.28. The molecule has 0 aliphatic carbocycles. The lowest BCUT2D eigenvalue weighted by Crippen LogP contribution is -2.49. The van der Waals surface area contributed by atoms with Crippen LogP contribution in [0.25, 0.3) is 0 Å². The average Bonchev–Trinajstić information content (AvgIpc) is 2.53. The summed E-state index contributed by atoms with van der Waals surface area (Å²) in [5.74, 6) is -0.433. The lowest BCUT2D eigenvalue weighted by Gasteiger charge is -2.34. The van der Waals surface area contributed by atoms with Crippen molar-refractivity contribution < 1.29 is 19.4 Å². The van der Waals surface area contributed by atoms with Crippen molar-refractivity contribution in [3.8, 4) is 0 Å². The molecule has 0 radical (unpaired) electrons. The third-order valence-corrected chi connectivity index (χ3v) is 4.17. The van der Waals surface area contributed by atoms with Gasteiger partial charge in [-0.05, 0) is 30.7 Å². The minimum Gasteiger partial charge on any atom is -0.480 e. The van der Waals surface area contributed by atoms with Crippen LogP contribution in [0.15, 0.2) is 24.3 Å². The Labute approximate surface area is 143 Å². The summed E-state index contributed by atoms with van der Waals surface area (Å²) in [5, 5.41) is 8.82. The molecule has 6 nitrogen and oxygen atoms in total. The van der Waals surface area contributed by atoms with Crippen molar-refractivity contribution in [3.63, 3.8) is 0 Å². The summed E-state index contributed by atoms with van der Waals surface area (Å²) < 4.78 is 5.67. The second kappa shape index (κ2) is 8.26. The zero-order valence-electron chi connectivity index (χ0n) is 14.6. The highest BCUT2D eigenvalue weighted by atomic mass is 16.5. The molecule has 1 aromatic rings. The Morgan fingerprint density at radius 1 is 1.33 bits per heavy atom. The first kappa shape index (κ1) is 18.4. The van der Waals surface area contributed by atoms with Crippen LogP contribution in [0.3, 0.4) is 0 Å². The fourth-order valence-electron chi connectivity index (χ4n) is 2.85. The summed E-state index contributed by atoms with van der Waals surface area (Å²) in [4.78, 5) is 26.9. The van der Waals surface area contributed by atoms with E-state index in [2.05, 4.69) is 13.8 Å². The van der Waals surface area contributed by atoms with Gasteiger partial charge in [0.05, 0.1) is 19.3 Å². The molecule has 0 aromatic heterocycles. The fraction of sp³-hybridized carbons (Fsp3) is 0.556. The smallest absolute Gasteiger partial charge is 0.317 e. The van der Waals surface area contributed by atoms with E-state index in [-0.39, 0.29) is 18.6 Å². The molecule has 1 aliphatic heterocycles. The van der Waals surface area contributed by atoms with Crippen molar-refractivity contribution in [2.45, 2.75) is 25.9 Å². The molecule has 1 saturated heterocycles. The molecule has 6 heteroatoms. The number of hydrogen-bond acceptors (Lipinski definition) is 4. The van der Waals surface area contributed by atoms with Gasteiger partial charge in [-0.25, -0.2) is 0 Å². The Hall–Kier alpha value is -1.92. The van der Waals surface area contributed by atoms with Crippen LogP contribution in [-0.2, 0) is 9.53 Å². The molecule has 1 heterocycles. The third kappa shape index (κ3) is 5.04. The van der Waals surface area contributed by atoms with E-state index in [9.17, 15) is 9.59 Å². The van der Waals surface area contributed by atoms with Crippen molar-refractivity contribution in [2.24, 2.45) is 0 Å². The predicted molar refractivity (Wildman–Crippen MR) is 91.3 cm³/mol. The van der Waals surface area contributed by atoms with E-state index in [1.807, 2.05) is 24.3 Å². The Balaban J connectivity index is 1.95. The number of morpholine rings is 1. The van der Waals surface area contributed by atoms with E-state index in [1.54, 1.807) is 16.8 Å². The SMILES string of the molecule is CC(C)c1ccc(C(=O)N2CCOC(CN(C)CC(=O)O)C2)cc1. The van der Waals surface area contributed by atoms with Crippen LogP contribution in [-0.4, -0.2) is 72.7 Å². The van der Waals surface area contributed by atoms with Gasteiger partial charge in [-0.1, -0.05) is 26.0 Å². The number of aliphatic carboxylic acids is 1. The number of nitrogens with zero attached hydrogens (tertiary/aromatic N) is 2. The van der Waals surface area contributed by atoms with E-state index in [0.717, 1.165) is 0 Å². The molecule has 1 atom stereocenters. The Morgan fingerprint density at radius 2 is 2.00 bits per heavy atom. The monoisotopic (exact) mass is 334 g/mol. The number of carbonyl (C=O) groups is 2. The first-order valence-corrected chi connectivity index (χ1v) is 8.28. The van der Waals surface area contributed by atoms with Crippen LogP contribution >= 0.6 is 0 Å². The van der Waals surface area contributed by atoms with Crippen molar-refractivity contribution in [1.29, 1.82) is 0 Å². The van der Waals surface area contributed by atoms with E-state index in [0.29, 0.717) is 37.7 Å². The molecule has 24 heavy (non-hydrogen) atoms. The summed E-state index contributed by atoms with van der Waals surface area (Å²) >= 11 is 0. The van der Waals surface area contributed by atoms with Crippen LogP contribution in [0.5, 0.6) is 0 Å². The number of carboxylic acid groups (broad SMARTS) is 1. The molecule has 2 rings (SSSR count). The maximum Gasteiger partial charge on any atom is 0.317 e. The van der Waals surface area contributed by atoms with Crippen LogP contribution in [0.4, 0.5) is 0 Å². The Bertz CT molecular complexity index is 571. The number of amides is 1. The highest BCUT2D eigenvalue weighted by Crippen LogP contribution is 2.17. The van der Waals surface area contributed by atoms with Gasteiger partial charge in [-0.3, -0.25) is 14.5 Å². The summed E-state index contributed by atoms with van der Waals surface area (Å²) in [7, 11) is 1.74. The standard InChI is InChI=1S/C18H26N2O4/c1-13(2)14-4-6-15(7-5-14)18(23)20-8-9-24-16(11-20)10-19(3)12-17(21)22/h4-7,13,16H,8-12H2,1-3H3,(H,21,22). The van der Waals surface area contributed by atoms with Crippen LogP contribution in [0.2, 0.25) is 0 Å². The number of hydrogen-bond donors (Lipinski definition) is 1. The zero-order valence-corrected chi connectivity index (χ0v) is 14.6. The third-order valence-electron chi connectivity index (χ3n) is 4.17. The van der Waals surface area contributed by atoms with E-state index >= 15 is 0 Å². The minimum atomic E-state index is -0.869. The Kier molecular flexibility index (Phi) is 6.34. The second-order valence-corrected chi connectivity index (χ2v) is 6.61. The number of carboxylic acids is 1. The predicted octanol–water partition coefficient (Wildman–Crippen LogP) is 1.67. The number of benzene rings is 1. The molecule has 1 aliphatic rings. The summed E-state index contributed by atoms with van der Waals surface area (Å²) in [6.07, 6.45) is -0.165. The number of ether oxygens (including phenoxy) is 1. The van der Waals surface area contributed by atoms with Gasteiger partial charge in [0, 0.05) is 25.2 Å². The number of carbonyl (C=O) groups excluding carboxylic acids is 1. The molecule has 1 aromatic carbocycles. The molecule has 1 unspecified atom stereocenters. The van der Waals surface area contributed by atoms with Crippen LogP contribution in [0.1, 0.15) is 35.7 Å². The molecule has 1 fully saturated rings. The first-order chi connectivity index (χ1) is 11.4. The van der Waals surface area contributed by atoms with Gasteiger partial charge in [-0.2, -0.15) is 0 Å². The van der Waals surface area contributed by atoms with Gasteiger partial charge >= 0.3 is 5.97 Å². The largest absolute Gasteiger partial charge is 0.480 e.